The van der Waals surface area contributed by atoms with Crippen LogP contribution in [-0.2, 0) is 6.54 Å². The van der Waals surface area contributed by atoms with E-state index in [1.54, 1.807) is 0 Å². The number of phenols is 2. The molecule has 28 heavy (non-hydrogen) atoms. The molecule has 0 saturated heterocycles. The van der Waals surface area contributed by atoms with Gasteiger partial charge in [0, 0.05) is 12.1 Å². The van der Waals surface area contributed by atoms with Gasteiger partial charge in [-0.3, -0.25) is 4.79 Å². The van der Waals surface area contributed by atoms with Gasteiger partial charge >= 0.3 is 0 Å². The lowest BCUT2D eigenvalue weighted by atomic mass is 10.1. The van der Waals surface area contributed by atoms with Crippen molar-refractivity contribution in [2.24, 2.45) is 5.92 Å². The fourth-order valence-corrected chi connectivity index (χ4v) is 3.00. The second-order valence-electron chi connectivity index (χ2n) is 7.64. The number of amides is 1. The Hall–Kier alpha value is -2.69. The predicted molar refractivity (Wildman–Crippen MR) is 112 cm³/mol. The van der Waals surface area contributed by atoms with E-state index in [9.17, 15) is 15.0 Å². The maximum absolute atomic E-state index is 11.6. The number of ether oxygens (including phenoxy) is 1. The Kier molecular flexibility index (Phi) is 7.73. The average Bonchev–Trinajstić information content (AvgIpc) is 2.98. The molecule has 0 fully saturated rings. The Morgan fingerprint density at radius 2 is 1.96 bits per heavy atom. The summed E-state index contributed by atoms with van der Waals surface area (Å²) in [6.07, 6.45) is 11.5. The molecule has 0 atom stereocenters. The number of rotatable bonds is 9. The zero-order valence-electron chi connectivity index (χ0n) is 17.2. The first-order valence-corrected chi connectivity index (χ1v) is 9.78. The Bertz CT molecular complexity index is 803. The molecule has 1 aliphatic heterocycles. The standard InChI is InChI=1S/C23H31NO4/c1-15(2)7-5-8-16(3)9-6-10-17(4)11-12-28-22-20(25)13-18-19(21(22)26)14-24-23(18)27/h5,7-8,11,13,15,25-26H,6,9-10,12,14H2,1-4H3,(H,24,27)/b7-5+,16-8+,17-11+. The highest BCUT2D eigenvalue weighted by atomic mass is 16.5. The smallest absolute Gasteiger partial charge is 0.252 e. The van der Waals surface area contributed by atoms with Gasteiger partial charge in [-0.05, 0) is 51.2 Å². The minimum Gasteiger partial charge on any atom is -0.504 e. The molecule has 1 aromatic rings. The average molecular weight is 386 g/mol. The SMILES string of the molecule is C/C(=C\C=C\C(C)C)CCC/C(C)=C/COc1c(O)cc2c(c1O)CNC2=O. The van der Waals surface area contributed by atoms with Crippen molar-refractivity contribution < 1.29 is 19.7 Å². The number of aromatic hydroxyl groups is 2. The molecule has 1 aliphatic rings. The van der Waals surface area contributed by atoms with Crippen LogP contribution >= 0.6 is 0 Å². The van der Waals surface area contributed by atoms with Gasteiger partial charge in [-0.1, -0.05) is 43.2 Å². The summed E-state index contributed by atoms with van der Waals surface area (Å²) in [6.45, 7) is 9.00. The van der Waals surface area contributed by atoms with E-state index in [4.69, 9.17) is 4.74 Å². The van der Waals surface area contributed by atoms with Gasteiger partial charge in [-0.15, -0.1) is 0 Å². The van der Waals surface area contributed by atoms with Crippen LogP contribution in [0.1, 0.15) is 62.9 Å². The van der Waals surface area contributed by atoms with Crippen molar-refractivity contribution in [2.45, 2.75) is 53.5 Å². The topological polar surface area (TPSA) is 78.8 Å². The molecule has 0 radical (unpaired) electrons. The lowest BCUT2D eigenvalue weighted by molar-refractivity contribution is 0.0965. The summed E-state index contributed by atoms with van der Waals surface area (Å²) in [5.74, 6) is -0.110. The van der Waals surface area contributed by atoms with Gasteiger partial charge in [-0.2, -0.15) is 0 Å². The molecule has 0 aliphatic carbocycles. The van der Waals surface area contributed by atoms with Crippen molar-refractivity contribution >= 4 is 5.91 Å². The first kappa shape index (κ1) is 21.6. The second kappa shape index (κ2) is 10.0. The molecule has 5 heteroatoms. The normalized spacial score (nSPS) is 14.7. The summed E-state index contributed by atoms with van der Waals surface area (Å²) in [6, 6.07) is 1.34. The third kappa shape index (κ3) is 5.91. The van der Waals surface area contributed by atoms with Crippen LogP contribution in [0, 0.1) is 5.92 Å². The molecule has 0 bridgehead atoms. The van der Waals surface area contributed by atoms with Crippen LogP contribution in [0.25, 0.3) is 0 Å². The van der Waals surface area contributed by atoms with Gasteiger partial charge in [0.2, 0.25) is 5.75 Å². The van der Waals surface area contributed by atoms with E-state index in [1.807, 2.05) is 13.0 Å². The third-order valence-corrected chi connectivity index (χ3v) is 4.69. The van der Waals surface area contributed by atoms with E-state index < -0.39 is 0 Å². The first-order chi connectivity index (χ1) is 13.3. The molecule has 0 saturated carbocycles. The van der Waals surface area contributed by atoms with Gasteiger partial charge in [0.25, 0.3) is 5.91 Å². The number of carbonyl (C=O) groups is 1. The maximum atomic E-state index is 11.6. The highest BCUT2D eigenvalue weighted by Crippen LogP contribution is 2.42. The van der Waals surface area contributed by atoms with E-state index in [0.717, 1.165) is 19.3 Å². The largest absolute Gasteiger partial charge is 0.504 e. The Balaban J connectivity index is 1.84. The molecule has 152 valence electrons. The van der Waals surface area contributed by atoms with Crippen LogP contribution in [0.3, 0.4) is 0 Å². The summed E-state index contributed by atoms with van der Waals surface area (Å²) in [7, 11) is 0. The van der Waals surface area contributed by atoms with Gasteiger partial charge in [0.1, 0.15) is 6.61 Å². The second-order valence-corrected chi connectivity index (χ2v) is 7.64. The van der Waals surface area contributed by atoms with E-state index >= 15 is 0 Å². The van der Waals surface area contributed by atoms with Crippen molar-refractivity contribution in [2.75, 3.05) is 6.61 Å². The molecule has 1 aromatic carbocycles. The highest BCUT2D eigenvalue weighted by molar-refractivity contribution is 6.00. The van der Waals surface area contributed by atoms with Crippen LogP contribution in [0.2, 0.25) is 0 Å². The Labute approximate surface area is 167 Å². The van der Waals surface area contributed by atoms with Crippen LogP contribution in [0.15, 0.2) is 41.5 Å². The third-order valence-electron chi connectivity index (χ3n) is 4.69. The Morgan fingerprint density at radius 3 is 2.68 bits per heavy atom. The van der Waals surface area contributed by atoms with Gasteiger partial charge < -0.3 is 20.3 Å². The molecule has 0 aromatic heterocycles. The van der Waals surface area contributed by atoms with Gasteiger partial charge in [0.15, 0.2) is 11.5 Å². The number of carbonyl (C=O) groups excluding carboxylic acids is 1. The summed E-state index contributed by atoms with van der Waals surface area (Å²) in [5, 5.41) is 22.9. The van der Waals surface area contributed by atoms with E-state index in [1.165, 1.54) is 17.2 Å². The van der Waals surface area contributed by atoms with Gasteiger partial charge in [0.05, 0.1) is 5.56 Å². The monoisotopic (exact) mass is 385 g/mol. The van der Waals surface area contributed by atoms with Crippen molar-refractivity contribution in [3.63, 3.8) is 0 Å². The quantitative estimate of drug-likeness (QED) is 0.413. The van der Waals surface area contributed by atoms with E-state index in [2.05, 4.69) is 44.3 Å². The number of phenolic OH excluding ortho intramolecular Hbond substituents is 2. The minimum absolute atomic E-state index is 0.0232. The number of hydrogen-bond acceptors (Lipinski definition) is 4. The van der Waals surface area contributed by atoms with Crippen molar-refractivity contribution in [3.05, 3.63) is 52.6 Å². The van der Waals surface area contributed by atoms with Crippen LogP contribution in [0.5, 0.6) is 17.2 Å². The van der Waals surface area contributed by atoms with Crippen LogP contribution in [0.4, 0.5) is 0 Å². The molecular formula is C23H31NO4. The van der Waals surface area contributed by atoms with Crippen molar-refractivity contribution in [1.29, 1.82) is 0 Å². The summed E-state index contributed by atoms with van der Waals surface area (Å²) >= 11 is 0. The Morgan fingerprint density at radius 1 is 1.25 bits per heavy atom. The zero-order chi connectivity index (χ0) is 20.7. The van der Waals surface area contributed by atoms with Crippen molar-refractivity contribution in [3.8, 4) is 17.2 Å². The fourth-order valence-electron chi connectivity index (χ4n) is 3.00. The molecule has 1 heterocycles. The zero-order valence-corrected chi connectivity index (χ0v) is 17.2. The first-order valence-electron chi connectivity index (χ1n) is 9.78. The number of allylic oxidation sites excluding steroid dienone is 5. The fraction of sp³-hybridized carbons (Fsp3) is 0.435. The molecule has 1 amide bonds. The number of benzene rings is 1. The lowest BCUT2D eigenvalue weighted by Crippen LogP contribution is -2.12. The minimum atomic E-state index is -0.299. The van der Waals surface area contributed by atoms with Crippen LogP contribution < -0.4 is 10.1 Å². The highest BCUT2D eigenvalue weighted by Gasteiger charge is 2.27. The van der Waals surface area contributed by atoms with Crippen LogP contribution in [-0.4, -0.2) is 22.7 Å². The molecule has 3 N–H and O–H groups in total. The number of fused-ring (bicyclic) bond motifs is 1. The summed E-state index contributed by atoms with van der Waals surface area (Å²) < 4.78 is 5.57. The van der Waals surface area contributed by atoms with E-state index in [-0.39, 0.29) is 36.3 Å². The molecule has 0 unspecified atom stereocenters. The molecule has 0 spiro atoms. The summed E-state index contributed by atoms with van der Waals surface area (Å²) in [4.78, 5) is 11.6. The van der Waals surface area contributed by atoms with E-state index in [0.29, 0.717) is 17.0 Å². The molecule has 2 rings (SSSR count). The van der Waals surface area contributed by atoms with Crippen molar-refractivity contribution in [1.82, 2.24) is 5.32 Å². The molecular weight excluding hydrogens is 354 g/mol. The number of hydrogen-bond donors (Lipinski definition) is 3. The predicted octanol–water partition coefficient (Wildman–Crippen LogP) is 5.00. The number of nitrogens with one attached hydrogen (secondary N) is 1. The maximum Gasteiger partial charge on any atom is 0.252 e. The van der Waals surface area contributed by atoms with Gasteiger partial charge in [-0.25, -0.2) is 0 Å². The molecule has 5 nitrogen and oxygen atoms in total. The lowest BCUT2D eigenvalue weighted by Gasteiger charge is -2.11. The summed E-state index contributed by atoms with van der Waals surface area (Å²) in [5.41, 5.74) is 3.31.